The van der Waals surface area contributed by atoms with Crippen molar-refractivity contribution in [1.82, 2.24) is 14.8 Å². The van der Waals surface area contributed by atoms with E-state index in [0.29, 0.717) is 23.9 Å². The zero-order valence-electron chi connectivity index (χ0n) is 13.6. The molecule has 1 aromatic carbocycles. The Hall–Kier alpha value is -2.83. The number of fused-ring (bicyclic) bond motifs is 1. The van der Waals surface area contributed by atoms with Crippen LogP contribution < -0.4 is 14.8 Å². The first-order chi connectivity index (χ1) is 11.7. The summed E-state index contributed by atoms with van der Waals surface area (Å²) >= 11 is 0. The second kappa shape index (κ2) is 5.67. The molecule has 0 bridgehead atoms. The molecule has 1 unspecified atom stereocenters. The fourth-order valence-electron chi connectivity index (χ4n) is 3.44. The predicted molar refractivity (Wildman–Crippen MR) is 87.2 cm³/mol. The monoisotopic (exact) mass is 326 g/mol. The van der Waals surface area contributed by atoms with Gasteiger partial charge in [-0.05, 0) is 31.0 Å². The summed E-state index contributed by atoms with van der Waals surface area (Å²) in [5.41, 5.74) is 2.51. The summed E-state index contributed by atoms with van der Waals surface area (Å²) in [7, 11) is 3.23. The minimum Gasteiger partial charge on any atom is -0.497 e. The summed E-state index contributed by atoms with van der Waals surface area (Å²) in [6, 6.07) is 5.22. The molecule has 1 aliphatic carbocycles. The number of hydrogen-bond donors (Lipinski definition) is 1. The molecule has 0 spiro atoms. The van der Waals surface area contributed by atoms with Crippen LogP contribution in [0.4, 0.5) is 5.95 Å². The maximum absolute atomic E-state index is 12.7. The lowest BCUT2D eigenvalue weighted by Crippen LogP contribution is -2.31. The van der Waals surface area contributed by atoms with Gasteiger partial charge in [0.05, 0.1) is 14.2 Å². The highest BCUT2D eigenvalue weighted by Crippen LogP contribution is 2.43. The molecule has 1 aromatic heterocycles. The van der Waals surface area contributed by atoms with E-state index in [-0.39, 0.29) is 11.8 Å². The lowest BCUT2D eigenvalue weighted by molar-refractivity contribution is -0.116. The van der Waals surface area contributed by atoms with E-state index < -0.39 is 0 Å². The van der Waals surface area contributed by atoms with E-state index in [2.05, 4.69) is 15.4 Å². The molecular formula is C17H18N4O3. The summed E-state index contributed by atoms with van der Waals surface area (Å²) < 4.78 is 12.6. The third kappa shape index (κ3) is 2.16. The first kappa shape index (κ1) is 14.7. The van der Waals surface area contributed by atoms with Crippen LogP contribution in [0.25, 0.3) is 0 Å². The molecule has 1 N–H and O–H groups in total. The van der Waals surface area contributed by atoms with E-state index in [0.717, 1.165) is 29.7 Å². The van der Waals surface area contributed by atoms with Gasteiger partial charge in [0.1, 0.15) is 23.9 Å². The number of carbonyl (C=O) groups excluding carboxylic acids is 1. The van der Waals surface area contributed by atoms with E-state index in [1.54, 1.807) is 18.9 Å². The van der Waals surface area contributed by atoms with Gasteiger partial charge in [-0.2, -0.15) is 10.1 Å². The number of allylic oxidation sites excluding steroid dienone is 2. The Labute approximate surface area is 139 Å². The summed E-state index contributed by atoms with van der Waals surface area (Å²) in [6.07, 6.45) is 3.72. The molecule has 2 aromatic rings. The van der Waals surface area contributed by atoms with Gasteiger partial charge in [-0.1, -0.05) is 0 Å². The van der Waals surface area contributed by atoms with Crippen LogP contribution >= 0.6 is 0 Å². The van der Waals surface area contributed by atoms with Crippen LogP contribution in [0.15, 0.2) is 35.8 Å². The molecule has 0 amide bonds. The molecule has 7 heteroatoms. The largest absolute Gasteiger partial charge is 0.497 e. The number of nitrogens with zero attached hydrogens (tertiary/aromatic N) is 3. The van der Waals surface area contributed by atoms with Crippen molar-refractivity contribution in [3.05, 3.63) is 41.4 Å². The SMILES string of the molecule is COc1ccc(OC)c(C2C3=C(CCCC3=O)Nc3ncnn32)c1. The zero-order chi connectivity index (χ0) is 16.7. The van der Waals surface area contributed by atoms with Gasteiger partial charge in [-0.25, -0.2) is 4.68 Å². The fourth-order valence-corrected chi connectivity index (χ4v) is 3.44. The minimum absolute atomic E-state index is 0.139. The Bertz CT molecular complexity index is 840. The van der Waals surface area contributed by atoms with E-state index in [4.69, 9.17) is 9.47 Å². The Morgan fingerprint density at radius 3 is 2.92 bits per heavy atom. The van der Waals surface area contributed by atoms with Crippen molar-refractivity contribution < 1.29 is 14.3 Å². The molecule has 0 saturated carbocycles. The van der Waals surface area contributed by atoms with Crippen LogP contribution in [0.3, 0.4) is 0 Å². The Morgan fingerprint density at radius 2 is 2.12 bits per heavy atom. The van der Waals surface area contributed by atoms with Gasteiger partial charge in [0.15, 0.2) is 5.78 Å². The van der Waals surface area contributed by atoms with Gasteiger partial charge in [0.2, 0.25) is 5.95 Å². The van der Waals surface area contributed by atoms with Crippen molar-refractivity contribution in [2.45, 2.75) is 25.3 Å². The van der Waals surface area contributed by atoms with Crippen molar-refractivity contribution >= 4 is 11.7 Å². The number of rotatable bonds is 3. The van der Waals surface area contributed by atoms with Crippen LogP contribution in [-0.2, 0) is 4.79 Å². The van der Waals surface area contributed by atoms with Crippen LogP contribution in [0.2, 0.25) is 0 Å². The van der Waals surface area contributed by atoms with Gasteiger partial charge in [-0.15, -0.1) is 0 Å². The maximum Gasteiger partial charge on any atom is 0.226 e. The van der Waals surface area contributed by atoms with Crippen molar-refractivity contribution in [3.63, 3.8) is 0 Å². The van der Waals surface area contributed by atoms with Gasteiger partial charge < -0.3 is 14.8 Å². The second-order valence-corrected chi connectivity index (χ2v) is 5.83. The highest BCUT2D eigenvalue weighted by atomic mass is 16.5. The zero-order valence-corrected chi connectivity index (χ0v) is 13.6. The number of Topliss-reactive ketones (excluding diaryl/α,β-unsaturated/α-hetero) is 1. The van der Waals surface area contributed by atoms with Gasteiger partial charge in [-0.3, -0.25) is 4.79 Å². The number of anilines is 1. The Balaban J connectivity index is 1.95. The highest BCUT2D eigenvalue weighted by Gasteiger charge is 2.37. The normalized spacial score (nSPS) is 19.4. The summed E-state index contributed by atoms with van der Waals surface area (Å²) in [5, 5.41) is 7.58. The number of benzene rings is 1. The lowest BCUT2D eigenvalue weighted by atomic mass is 9.85. The molecule has 7 nitrogen and oxygen atoms in total. The number of hydrogen-bond acceptors (Lipinski definition) is 6. The highest BCUT2D eigenvalue weighted by molar-refractivity contribution is 5.99. The standard InChI is InChI=1S/C17H18N4O3/c1-23-10-6-7-14(24-2)11(8-10)16-15-12(4-3-5-13(15)22)20-17-18-9-19-21(16)17/h6-9,16H,3-5H2,1-2H3,(H,18,19,20). The molecule has 1 aliphatic heterocycles. The Kier molecular flexibility index (Phi) is 3.48. The number of nitrogens with one attached hydrogen (secondary N) is 1. The maximum atomic E-state index is 12.7. The quantitative estimate of drug-likeness (QED) is 0.932. The van der Waals surface area contributed by atoms with E-state index in [1.165, 1.54) is 6.33 Å². The van der Waals surface area contributed by atoms with Crippen molar-refractivity contribution in [1.29, 1.82) is 0 Å². The Morgan fingerprint density at radius 1 is 1.25 bits per heavy atom. The van der Waals surface area contributed by atoms with Crippen LogP contribution in [0.5, 0.6) is 11.5 Å². The first-order valence-electron chi connectivity index (χ1n) is 7.87. The lowest BCUT2D eigenvalue weighted by Gasteiger charge is -2.32. The molecule has 124 valence electrons. The molecular weight excluding hydrogens is 308 g/mol. The average Bonchev–Trinajstić information content (AvgIpc) is 3.07. The topological polar surface area (TPSA) is 78.3 Å². The number of aromatic nitrogens is 3. The molecule has 4 rings (SSSR count). The molecule has 24 heavy (non-hydrogen) atoms. The summed E-state index contributed by atoms with van der Waals surface area (Å²) in [4.78, 5) is 16.9. The molecule has 0 radical (unpaired) electrons. The third-order valence-corrected chi connectivity index (χ3v) is 4.54. The summed E-state index contributed by atoms with van der Waals surface area (Å²) in [6.45, 7) is 0. The van der Waals surface area contributed by atoms with Crippen molar-refractivity contribution in [3.8, 4) is 11.5 Å². The molecule has 1 atom stereocenters. The molecule has 0 saturated heterocycles. The number of methoxy groups -OCH3 is 2. The van der Waals surface area contributed by atoms with Crippen molar-refractivity contribution in [2.24, 2.45) is 0 Å². The average molecular weight is 326 g/mol. The predicted octanol–water partition coefficient (Wildman–Crippen LogP) is 2.32. The van der Waals surface area contributed by atoms with Gasteiger partial charge in [0.25, 0.3) is 0 Å². The number of ether oxygens (including phenoxy) is 2. The van der Waals surface area contributed by atoms with E-state index in [1.807, 2.05) is 18.2 Å². The van der Waals surface area contributed by atoms with E-state index >= 15 is 0 Å². The minimum atomic E-state index is -0.364. The molecule has 2 aliphatic rings. The van der Waals surface area contributed by atoms with Gasteiger partial charge >= 0.3 is 0 Å². The third-order valence-electron chi connectivity index (χ3n) is 4.54. The second-order valence-electron chi connectivity index (χ2n) is 5.83. The fraction of sp³-hybridized carbons (Fsp3) is 0.353. The summed E-state index contributed by atoms with van der Waals surface area (Å²) in [5.74, 6) is 2.17. The van der Waals surface area contributed by atoms with Crippen molar-refractivity contribution in [2.75, 3.05) is 19.5 Å². The molecule has 2 heterocycles. The number of carbonyl (C=O) groups is 1. The first-order valence-corrected chi connectivity index (χ1v) is 7.87. The van der Waals surface area contributed by atoms with Crippen LogP contribution in [0.1, 0.15) is 30.9 Å². The molecule has 0 fully saturated rings. The van der Waals surface area contributed by atoms with Crippen LogP contribution in [0, 0.1) is 0 Å². The van der Waals surface area contributed by atoms with Gasteiger partial charge in [0, 0.05) is 23.3 Å². The smallest absolute Gasteiger partial charge is 0.226 e. The number of ketones is 1. The van der Waals surface area contributed by atoms with Crippen LogP contribution in [-0.4, -0.2) is 34.8 Å². The van der Waals surface area contributed by atoms with E-state index in [9.17, 15) is 4.79 Å².